The topological polar surface area (TPSA) is 9.23 Å². The second kappa shape index (κ2) is 8.81. The van der Waals surface area contributed by atoms with Crippen molar-refractivity contribution in [3.05, 3.63) is 0 Å². The highest BCUT2D eigenvalue weighted by Crippen LogP contribution is 2.04. The molecule has 0 bridgehead atoms. The number of rotatable bonds is 6. The quantitative estimate of drug-likeness (QED) is 0.259. The molecule has 0 radical (unpaired) electrons. The molecule has 0 atom stereocenters. The van der Waals surface area contributed by atoms with Crippen LogP contribution in [-0.4, -0.2) is 43.2 Å². The Morgan fingerprint density at radius 3 is 1.83 bits per heavy atom. The van der Waals surface area contributed by atoms with Crippen molar-refractivity contribution in [1.29, 1.82) is 0 Å². The van der Waals surface area contributed by atoms with Crippen molar-refractivity contribution in [1.82, 2.24) is 0 Å². The molecule has 2 nitrogen and oxygen atoms in total. The van der Waals surface area contributed by atoms with E-state index in [1.807, 2.05) is 14.0 Å². The first-order chi connectivity index (χ1) is 5.18. The zero-order chi connectivity index (χ0) is 8.74. The Balaban J connectivity index is 0. The second-order valence-electron chi connectivity index (χ2n) is 2.54. The van der Waals surface area contributed by atoms with Crippen molar-refractivity contribution in [3.63, 3.8) is 0 Å². The average molecular weight is 328 g/mol. The maximum Gasteiger partial charge on any atom is 0.122 e. The molecule has 0 rings (SSSR count). The van der Waals surface area contributed by atoms with Crippen molar-refractivity contribution < 1.29 is 33.5 Å². The molecule has 12 heavy (non-hydrogen) atoms. The molecule has 0 aromatic heterocycles. The van der Waals surface area contributed by atoms with Crippen molar-refractivity contribution >= 4 is 23.2 Å². The predicted octanol–water partition coefficient (Wildman–Crippen LogP) is -1.13. The number of quaternary nitrogens is 1. The van der Waals surface area contributed by atoms with Gasteiger partial charge in [0.1, 0.15) is 19.7 Å². The number of halogens is 3. The first-order valence-electron chi connectivity index (χ1n) is 3.79. The Labute approximate surface area is 102 Å². The third kappa shape index (κ3) is 6.71. The number of alkyl halides is 2. The standard InChI is InChI=1S/C7H16Cl2NO.HI/c1-3-11-10(2,6-4-8)7-5-9;/h3-7H2,1-2H3;1H/q+1;/p-1. The van der Waals surface area contributed by atoms with Crippen LogP contribution in [0, 0.1) is 0 Å². The summed E-state index contributed by atoms with van der Waals surface area (Å²) in [5.41, 5.74) is 0. The summed E-state index contributed by atoms with van der Waals surface area (Å²) in [7, 11) is 1.99. The smallest absolute Gasteiger partial charge is 0.122 e. The molecule has 0 saturated carbocycles. The van der Waals surface area contributed by atoms with Crippen LogP contribution in [0.25, 0.3) is 0 Å². The normalized spacial score (nSPS) is 11.0. The molecule has 0 aliphatic heterocycles. The molecule has 0 aromatic rings. The molecular formula is C7H16Cl2INO. The summed E-state index contributed by atoms with van der Waals surface area (Å²) in [4.78, 5) is 5.48. The summed E-state index contributed by atoms with van der Waals surface area (Å²) < 4.78 is 0.517. The van der Waals surface area contributed by atoms with Crippen LogP contribution >= 0.6 is 23.2 Å². The molecule has 0 heterocycles. The average Bonchev–Trinajstić information content (AvgIpc) is 1.88. The zero-order valence-corrected chi connectivity index (χ0v) is 11.2. The van der Waals surface area contributed by atoms with E-state index >= 15 is 0 Å². The van der Waals surface area contributed by atoms with E-state index in [2.05, 4.69) is 0 Å². The van der Waals surface area contributed by atoms with Crippen LogP contribution in [0.15, 0.2) is 0 Å². The fraction of sp³-hybridized carbons (Fsp3) is 1.00. The van der Waals surface area contributed by atoms with Crippen molar-refractivity contribution in [2.45, 2.75) is 6.92 Å². The lowest BCUT2D eigenvalue weighted by atomic mass is 10.5. The first-order valence-corrected chi connectivity index (χ1v) is 4.86. The molecule has 0 N–H and O–H groups in total. The molecule has 76 valence electrons. The van der Waals surface area contributed by atoms with Gasteiger partial charge in [0.2, 0.25) is 0 Å². The monoisotopic (exact) mass is 327 g/mol. The summed E-state index contributed by atoms with van der Waals surface area (Å²) in [5.74, 6) is 1.21. The summed E-state index contributed by atoms with van der Waals surface area (Å²) >= 11 is 11.2. The van der Waals surface area contributed by atoms with Gasteiger partial charge >= 0.3 is 0 Å². The minimum Gasteiger partial charge on any atom is -1.00 e. The number of hydrogen-bond acceptors (Lipinski definition) is 1. The Bertz CT molecular complexity index is 88.4. The molecule has 0 aliphatic rings. The van der Waals surface area contributed by atoms with Gasteiger partial charge in [-0.2, -0.15) is 4.65 Å². The van der Waals surface area contributed by atoms with Gasteiger partial charge in [-0.15, -0.1) is 23.2 Å². The van der Waals surface area contributed by atoms with Crippen LogP contribution in [0.3, 0.4) is 0 Å². The van der Waals surface area contributed by atoms with E-state index in [4.69, 9.17) is 28.0 Å². The van der Waals surface area contributed by atoms with Crippen LogP contribution in [0.5, 0.6) is 0 Å². The summed E-state index contributed by atoms with van der Waals surface area (Å²) in [6, 6.07) is 0. The fourth-order valence-electron chi connectivity index (χ4n) is 0.910. The summed E-state index contributed by atoms with van der Waals surface area (Å²) in [5, 5.41) is 0. The third-order valence-corrected chi connectivity index (χ3v) is 1.89. The molecule has 0 fully saturated rings. The van der Waals surface area contributed by atoms with Gasteiger partial charge in [0.05, 0.1) is 18.8 Å². The lowest BCUT2D eigenvalue weighted by Gasteiger charge is -2.29. The molecule has 0 amide bonds. The second-order valence-corrected chi connectivity index (χ2v) is 3.30. The van der Waals surface area contributed by atoms with Gasteiger partial charge < -0.3 is 24.0 Å². The van der Waals surface area contributed by atoms with Gasteiger partial charge in [-0.3, -0.25) is 0 Å². The molecule has 0 aromatic carbocycles. The SMILES string of the molecule is CCO[N+](C)(CCCl)CCCl.[I-]. The number of hydrogen-bond donors (Lipinski definition) is 0. The fourth-order valence-corrected chi connectivity index (χ4v) is 1.63. The van der Waals surface area contributed by atoms with Gasteiger partial charge in [0.15, 0.2) is 0 Å². The zero-order valence-electron chi connectivity index (χ0n) is 7.52. The maximum atomic E-state index is 5.62. The van der Waals surface area contributed by atoms with Crippen LogP contribution in [0.1, 0.15) is 6.92 Å². The number of hydroxylamine groups is 3. The van der Waals surface area contributed by atoms with E-state index in [-0.39, 0.29) is 24.0 Å². The van der Waals surface area contributed by atoms with E-state index in [0.717, 1.165) is 13.1 Å². The maximum absolute atomic E-state index is 5.62. The molecule has 5 heteroatoms. The van der Waals surface area contributed by atoms with E-state index < -0.39 is 0 Å². The van der Waals surface area contributed by atoms with Crippen LogP contribution < -0.4 is 24.0 Å². The first kappa shape index (κ1) is 15.7. The Morgan fingerprint density at radius 2 is 1.58 bits per heavy atom. The Kier molecular flexibility index (Phi) is 11.5. The van der Waals surface area contributed by atoms with E-state index in [1.54, 1.807) is 0 Å². The van der Waals surface area contributed by atoms with Gasteiger partial charge in [0, 0.05) is 0 Å². The Morgan fingerprint density at radius 1 is 1.17 bits per heavy atom. The van der Waals surface area contributed by atoms with E-state index in [0.29, 0.717) is 23.0 Å². The van der Waals surface area contributed by atoms with Crippen molar-refractivity contribution in [2.24, 2.45) is 0 Å². The molecule has 0 spiro atoms. The highest BCUT2D eigenvalue weighted by molar-refractivity contribution is 6.18. The Hall–Kier alpha value is 1.23. The molecular weight excluding hydrogens is 312 g/mol. The molecule has 0 saturated heterocycles. The van der Waals surface area contributed by atoms with Crippen molar-refractivity contribution in [3.8, 4) is 0 Å². The molecule has 0 aliphatic carbocycles. The van der Waals surface area contributed by atoms with Crippen LogP contribution in [-0.2, 0) is 4.84 Å². The minimum absolute atomic E-state index is 0. The van der Waals surface area contributed by atoms with Gasteiger partial charge in [0.25, 0.3) is 0 Å². The van der Waals surface area contributed by atoms with Crippen LogP contribution in [0.4, 0.5) is 0 Å². The van der Waals surface area contributed by atoms with Crippen LogP contribution in [0.2, 0.25) is 0 Å². The lowest BCUT2D eigenvalue weighted by molar-refractivity contribution is -1.09. The van der Waals surface area contributed by atoms with Gasteiger partial charge in [-0.05, 0) is 6.92 Å². The van der Waals surface area contributed by atoms with E-state index in [1.165, 1.54) is 0 Å². The highest BCUT2D eigenvalue weighted by atomic mass is 127. The number of nitrogens with zero attached hydrogens (tertiary/aromatic N) is 1. The largest absolute Gasteiger partial charge is 1.00 e. The molecule has 0 unspecified atom stereocenters. The van der Waals surface area contributed by atoms with Gasteiger partial charge in [-0.1, -0.05) is 0 Å². The lowest BCUT2D eigenvalue weighted by Crippen LogP contribution is -3.00. The summed E-state index contributed by atoms with van der Waals surface area (Å²) in [6.07, 6.45) is 0. The minimum atomic E-state index is 0. The predicted molar refractivity (Wildman–Crippen MR) is 49.0 cm³/mol. The third-order valence-electron chi connectivity index (χ3n) is 1.56. The van der Waals surface area contributed by atoms with Gasteiger partial charge in [-0.25, -0.2) is 4.84 Å². The summed E-state index contributed by atoms with van der Waals surface area (Å²) in [6.45, 7) is 4.29. The van der Waals surface area contributed by atoms with Crippen molar-refractivity contribution in [2.75, 3.05) is 38.5 Å². The van der Waals surface area contributed by atoms with E-state index in [9.17, 15) is 0 Å². The highest BCUT2D eigenvalue weighted by Gasteiger charge is 2.20.